The van der Waals surface area contributed by atoms with Crippen molar-refractivity contribution in [3.63, 3.8) is 0 Å². The Morgan fingerprint density at radius 1 is 0.810 bits per heavy atom. The van der Waals surface area contributed by atoms with Gasteiger partial charge in [-0.1, -0.05) is 26.0 Å². The maximum absolute atomic E-state index is 13.8. The molecular formula is C29H34F3N3O7. The minimum Gasteiger partial charge on any atom is -0.480 e. The van der Waals surface area contributed by atoms with Crippen LogP contribution < -0.4 is 4.74 Å². The first-order valence-corrected chi connectivity index (χ1v) is 13.4. The van der Waals surface area contributed by atoms with Gasteiger partial charge in [-0.25, -0.2) is 9.78 Å². The number of hydrogen-bond acceptors (Lipinski definition) is 8. The maximum atomic E-state index is 13.8. The van der Waals surface area contributed by atoms with E-state index < -0.39 is 23.6 Å². The summed E-state index contributed by atoms with van der Waals surface area (Å²) in [6, 6.07) is 8.24. The molecule has 2 N–H and O–H groups in total. The lowest BCUT2D eigenvalue weighted by molar-refractivity contribution is -0.143. The van der Waals surface area contributed by atoms with E-state index in [1.165, 1.54) is 6.20 Å². The predicted molar refractivity (Wildman–Crippen MR) is 150 cm³/mol. The summed E-state index contributed by atoms with van der Waals surface area (Å²) in [7, 11) is 0. The average molecular weight is 594 g/mol. The van der Waals surface area contributed by atoms with Crippen LogP contribution in [0.3, 0.4) is 0 Å². The minimum atomic E-state index is -4.66. The van der Waals surface area contributed by atoms with Gasteiger partial charge >= 0.3 is 12.1 Å². The van der Waals surface area contributed by atoms with Crippen molar-refractivity contribution in [2.45, 2.75) is 20.0 Å². The van der Waals surface area contributed by atoms with E-state index in [0.29, 0.717) is 24.3 Å². The predicted octanol–water partition coefficient (Wildman–Crippen LogP) is 5.35. The highest BCUT2D eigenvalue weighted by Gasteiger charge is 2.36. The van der Waals surface area contributed by atoms with Crippen LogP contribution in [0.4, 0.5) is 13.2 Å². The Balaban J connectivity index is 0.00000237. The van der Waals surface area contributed by atoms with E-state index in [-0.39, 0.29) is 46.2 Å². The quantitative estimate of drug-likeness (QED) is 0.165. The molecule has 0 amide bonds. The van der Waals surface area contributed by atoms with Crippen LogP contribution in [0.2, 0.25) is 0 Å². The smallest absolute Gasteiger partial charge is 0.421 e. The molecule has 0 spiro atoms. The van der Waals surface area contributed by atoms with E-state index >= 15 is 0 Å². The second-order valence-corrected chi connectivity index (χ2v) is 8.51. The Morgan fingerprint density at radius 2 is 1.45 bits per heavy atom. The van der Waals surface area contributed by atoms with Gasteiger partial charge in [0.05, 0.1) is 46.2 Å². The van der Waals surface area contributed by atoms with E-state index in [1.54, 1.807) is 24.5 Å². The first-order chi connectivity index (χ1) is 20.3. The van der Waals surface area contributed by atoms with Gasteiger partial charge in [0.25, 0.3) is 0 Å². The lowest BCUT2D eigenvalue weighted by Crippen LogP contribution is -2.16. The summed E-state index contributed by atoms with van der Waals surface area (Å²) < 4.78 is 67.4. The number of halogens is 3. The molecule has 0 atom stereocenters. The number of nitrogens with one attached hydrogen (secondary N) is 1. The van der Waals surface area contributed by atoms with Crippen LogP contribution in [0.5, 0.6) is 5.88 Å². The summed E-state index contributed by atoms with van der Waals surface area (Å²) in [6.45, 7) is 5.05. The SMILES string of the molecule is CC.O=C(O)COCCOCCOCCOCCOc1ncc(-c2ccc3c(c2)[nH]c2ccncc23)cc1C(F)(F)F. The second-order valence-electron chi connectivity index (χ2n) is 8.51. The fraction of sp³-hybridized carbons (Fsp3) is 0.414. The first kappa shape index (κ1) is 32.7. The number of aromatic amines is 1. The van der Waals surface area contributed by atoms with Crippen molar-refractivity contribution < 1.29 is 46.8 Å². The van der Waals surface area contributed by atoms with Crippen LogP contribution in [0.25, 0.3) is 32.9 Å². The number of alkyl halides is 3. The van der Waals surface area contributed by atoms with Crippen LogP contribution >= 0.6 is 0 Å². The van der Waals surface area contributed by atoms with Gasteiger partial charge in [0.2, 0.25) is 5.88 Å². The number of rotatable bonds is 16. The third-order valence-corrected chi connectivity index (χ3v) is 5.70. The number of pyridine rings is 2. The number of nitrogens with zero attached hydrogens (tertiary/aromatic N) is 2. The largest absolute Gasteiger partial charge is 0.480 e. The van der Waals surface area contributed by atoms with Crippen molar-refractivity contribution in [3.8, 4) is 17.0 Å². The monoisotopic (exact) mass is 593 g/mol. The van der Waals surface area contributed by atoms with Crippen LogP contribution in [0.1, 0.15) is 19.4 Å². The molecule has 0 bridgehead atoms. The molecule has 0 fully saturated rings. The third kappa shape index (κ3) is 9.65. The highest BCUT2D eigenvalue weighted by atomic mass is 19.4. The number of carbonyl (C=O) groups is 1. The molecule has 0 unspecified atom stereocenters. The lowest BCUT2D eigenvalue weighted by Gasteiger charge is -2.14. The van der Waals surface area contributed by atoms with Gasteiger partial charge in [-0.15, -0.1) is 0 Å². The summed E-state index contributed by atoms with van der Waals surface area (Å²) in [5.74, 6) is -1.56. The van der Waals surface area contributed by atoms with Crippen LogP contribution in [-0.2, 0) is 29.9 Å². The zero-order valence-electron chi connectivity index (χ0n) is 23.4. The normalized spacial score (nSPS) is 11.5. The van der Waals surface area contributed by atoms with Crippen molar-refractivity contribution in [2.75, 3.05) is 59.5 Å². The van der Waals surface area contributed by atoms with Crippen LogP contribution in [-0.4, -0.2) is 85.5 Å². The average Bonchev–Trinajstić information content (AvgIpc) is 3.35. The Morgan fingerprint density at radius 3 is 2.10 bits per heavy atom. The Bertz CT molecular complexity index is 1410. The Kier molecular flexibility index (Phi) is 12.9. The molecular weight excluding hydrogens is 559 g/mol. The molecule has 42 heavy (non-hydrogen) atoms. The number of benzene rings is 1. The number of ether oxygens (including phenoxy) is 5. The third-order valence-electron chi connectivity index (χ3n) is 5.70. The van der Waals surface area contributed by atoms with Gasteiger partial charge in [0.1, 0.15) is 18.8 Å². The summed E-state index contributed by atoms with van der Waals surface area (Å²) in [5, 5.41) is 10.3. The van der Waals surface area contributed by atoms with Gasteiger partial charge in [-0.05, 0) is 23.8 Å². The topological polar surface area (TPSA) is 125 Å². The van der Waals surface area contributed by atoms with Crippen LogP contribution in [0.15, 0.2) is 48.9 Å². The molecule has 13 heteroatoms. The summed E-state index contributed by atoms with van der Waals surface area (Å²) in [5.41, 5.74) is 1.59. The molecule has 0 radical (unpaired) electrons. The van der Waals surface area contributed by atoms with Crippen molar-refractivity contribution in [2.24, 2.45) is 0 Å². The van der Waals surface area contributed by atoms with Crippen molar-refractivity contribution in [1.29, 1.82) is 0 Å². The molecule has 1 aromatic carbocycles. The molecule has 4 rings (SSSR count). The fourth-order valence-electron chi connectivity index (χ4n) is 3.87. The Labute approximate surface area is 240 Å². The zero-order valence-corrected chi connectivity index (χ0v) is 23.4. The second kappa shape index (κ2) is 16.6. The molecule has 3 aromatic heterocycles. The number of aromatic nitrogens is 3. The molecule has 4 aromatic rings. The van der Waals surface area contributed by atoms with Crippen LogP contribution in [0, 0.1) is 0 Å². The van der Waals surface area contributed by atoms with E-state index in [9.17, 15) is 18.0 Å². The maximum Gasteiger partial charge on any atom is 0.421 e. The number of fused-ring (bicyclic) bond motifs is 3. The van der Waals surface area contributed by atoms with Crippen molar-refractivity contribution in [1.82, 2.24) is 15.0 Å². The Hall–Kier alpha value is -3.78. The standard InChI is InChI=1S/C27H28F3N3O7.C2H6/c28-27(29,30)22-13-19(18-1-2-20-21-16-31-4-3-23(21)33-24(20)14-18)15-32-26(22)40-12-11-38-8-7-36-5-6-37-9-10-39-17-25(34)35;1-2/h1-4,13-16,33H,5-12,17H2,(H,34,35);1-2H3. The van der Waals surface area contributed by atoms with Crippen molar-refractivity contribution >= 4 is 27.8 Å². The molecule has 0 aliphatic heterocycles. The van der Waals surface area contributed by atoms with Gasteiger partial charge in [-0.2, -0.15) is 13.2 Å². The summed E-state index contributed by atoms with van der Waals surface area (Å²) >= 11 is 0. The van der Waals surface area contributed by atoms with Gasteiger partial charge in [0, 0.05) is 46.0 Å². The van der Waals surface area contributed by atoms with E-state index in [0.717, 1.165) is 27.9 Å². The lowest BCUT2D eigenvalue weighted by atomic mass is 10.0. The number of H-pyrrole nitrogens is 1. The fourth-order valence-corrected chi connectivity index (χ4v) is 3.87. The highest BCUT2D eigenvalue weighted by Crippen LogP contribution is 2.38. The molecule has 228 valence electrons. The number of carboxylic acid groups (broad SMARTS) is 1. The van der Waals surface area contributed by atoms with E-state index in [4.69, 9.17) is 28.8 Å². The number of aliphatic carboxylic acids is 1. The molecule has 0 aliphatic rings. The molecule has 0 saturated carbocycles. The molecule has 3 heterocycles. The highest BCUT2D eigenvalue weighted by molar-refractivity contribution is 6.07. The molecule has 0 aliphatic carbocycles. The minimum absolute atomic E-state index is 0.0490. The van der Waals surface area contributed by atoms with Crippen molar-refractivity contribution in [3.05, 3.63) is 54.5 Å². The van der Waals surface area contributed by atoms with Gasteiger partial charge in [0.15, 0.2) is 0 Å². The van der Waals surface area contributed by atoms with E-state index in [1.807, 2.05) is 26.0 Å². The number of hydrogen-bond donors (Lipinski definition) is 2. The first-order valence-electron chi connectivity index (χ1n) is 13.4. The summed E-state index contributed by atoms with van der Waals surface area (Å²) in [4.78, 5) is 21.6. The van der Waals surface area contributed by atoms with E-state index in [2.05, 4.69) is 15.0 Å². The molecule has 0 saturated heterocycles. The zero-order chi connectivity index (χ0) is 30.4. The summed E-state index contributed by atoms with van der Waals surface area (Å²) in [6.07, 6.45) is 0.100. The van der Waals surface area contributed by atoms with Gasteiger partial charge in [-0.3, -0.25) is 4.98 Å². The van der Waals surface area contributed by atoms with Gasteiger partial charge < -0.3 is 33.8 Å². The molecule has 10 nitrogen and oxygen atoms in total. The number of carboxylic acids is 1.